The summed E-state index contributed by atoms with van der Waals surface area (Å²) in [6, 6.07) is 34.1. The molecule has 1 aromatic heterocycles. The average molecular weight is 474 g/mol. The van der Waals surface area contributed by atoms with Crippen LogP contribution in [0.25, 0.3) is 11.0 Å². The summed E-state index contributed by atoms with van der Waals surface area (Å²) in [4.78, 5) is 19.4. The molecule has 5 aromatic rings. The third-order valence-electron chi connectivity index (χ3n) is 6.08. The van der Waals surface area contributed by atoms with E-state index in [1.54, 1.807) is 18.3 Å². The predicted octanol–water partition coefficient (Wildman–Crippen LogP) is 6.60. The number of nitrogens with one attached hydrogen (secondary N) is 1. The van der Waals surface area contributed by atoms with Gasteiger partial charge in [-0.15, -0.1) is 0 Å². The molecule has 0 spiro atoms. The van der Waals surface area contributed by atoms with Crippen LogP contribution in [-0.2, 0) is 6.54 Å². The van der Waals surface area contributed by atoms with Gasteiger partial charge in [0.1, 0.15) is 5.82 Å². The lowest BCUT2D eigenvalue weighted by molar-refractivity contribution is 0.0955. The predicted molar refractivity (Wildman–Crippen MR) is 146 cm³/mol. The number of aryl methyl sites for hydroxylation is 2. The Hall–Kier alpha value is -4.71. The van der Waals surface area contributed by atoms with Crippen LogP contribution in [0.5, 0.6) is 0 Å². The highest BCUT2D eigenvalue weighted by molar-refractivity contribution is 5.98. The van der Waals surface area contributed by atoms with Crippen molar-refractivity contribution in [3.63, 3.8) is 0 Å². The van der Waals surface area contributed by atoms with Crippen LogP contribution in [0.2, 0.25) is 0 Å². The molecule has 0 radical (unpaired) electrons. The molecule has 6 heteroatoms. The monoisotopic (exact) mass is 473 g/mol. The number of rotatable bonds is 7. The fourth-order valence-corrected chi connectivity index (χ4v) is 4.33. The van der Waals surface area contributed by atoms with Crippen LogP contribution in [0, 0.1) is 6.92 Å². The molecule has 0 saturated heterocycles. The molecule has 0 atom stereocenters. The maximum Gasteiger partial charge on any atom is 0.271 e. The summed E-state index contributed by atoms with van der Waals surface area (Å²) in [5.41, 5.74) is 9.05. The summed E-state index contributed by atoms with van der Waals surface area (Å²) in [6.07, 6.45) is 1.64. The van der Waals surface area contributed by atoms with E-state index in [4.69, 9.17) is 0 Å². The highest BCUT2D eigenvalue weighted by atomic mass is 16.2. The molecule has 0 aliphatic heterocycles. The van der Waals surface area contributed by atoms with Gasteiger partial charge in [0.05, 0.1) is 17.2 Å². The third-order valence-corrected chi connectivity index (χ3v) is 6.08. The second-order valence-corrected chi connectivity index (χ2v) is 8.40. The molecule has 4 aromatic carbocycles. The maximum atomic E-state index is 12.6. The van der Waals surface area contributed by atoms with Gasteiger partial charge in [-0.05, 0) is 74.0 Å². The Bertz CT molecular complexity index is 1470. The first-order chi connectivity index (χ1) is 17.6. The number of fused-ring (bicyclic) bond motifs is 1. The molecule has 1 amide bonds. The minimum atomic E-state index is -0.271. The largest absolute Gasteiger partial charge is 0.329 e. The molecule has 0 saturated carbocycles. The van der Waals surface area contributed by atoms with E-state index in [1.165, 1.54) is 0 Å². The molecule has 0 fully saturated rings. The average Bonchev–Trinajstić information content (AvgIpc) is 3.25. The summed E-state index contributed by atoms with van der Waals surface area (Å²) < 4.78 is 2.12. The van der Waals surface area contributed by atoms with E-state index in [-0.39, 0.29) is 5.91 Å². The zero-order chi connectivity index (χ0) is 24.9. The molecular formula is C30H27N5O. The van der Waals surface area contributed by atoms with Gasteiger partial charge in [-0.1, -0.05) is 48.5 Å². The van der Waals surface area contributed by atoms with Crippen molar-refractivity contribution in [1.29, 1.82) is 0 Å². The number of para-hydroxylation sites is 2. The topological polar surface area (TPSA) is 62.5 Å². The van der Waals surface area contributed by atoms with Gasteiger partial charge in [0.2, 0.25) is 0 Å². The van der Waals surface area contributed by atoms with Crippen LogP contribution >= 0.6 is 0 Å². The lowest BCUT2D eigenvalue weighted by Crippen LogP contribution is -2.17. The molecule has 0 unspecified atom stereocenters. The first-order valence-electron chi connectivity index (χ1n) is 11.9. The van der Waals surface area contributed by atoms with Gasteiger partial charge < -0.3 is 9.47 Å². The number of hydrogen-bond donors (Lipinski definition) is 1. The highest BCUT2D eigenvalue weighted by Gasteiger charge is 2.12. The molecular weight excluding hydrogens is 446 g/mol. The van der Waals surface area contributed by atoms with Crippen molar-refractivity contribution in [3.8, 4) is 0 Å². The molecule has 1 heterocycles. The van der Waals surface area contributed by atoms with Crippen molar-refractivity contribution < 1.29 is 4.79 Å². The first-order valence-corrected chi connectivity index (χ1v) is 11.9. The maximum absolute atomic E-state index is 12.6. The van der Waals surface area contributed by atoms with E-state index < -0.39 is 0 Å². The van der Waals surface area contributed by atoms with Gasteiger partial charge in [-0.25, -0.2) is 10.4 Å². The molecule has 6 nitrogen and oxygen atoms in total. The Morgan fingerprint density at radius 2 is 1.50 bits per heavy atom. The molecule has 178 valence electrons. The second-order valence-electron chi connectivity index (χ2n) is 8.40. The summed E-state index contributed by atoms with van der Waals surface area (Å²) in [7, 11) is 0. The Kier molecular flexibility index (Phi) is 6.58. The normalized spacial score (nSPS) is 11.2. The number of hydrazone groups is 1. The summed E-state index contributed by atoms with van der Waals surface area (Å²) >= 11 is 0. The molecule has 0 aliphatic carbocycles. The van der Waals surface area contributed by atoms with Crippen LogP contribution in [0.3, 0.4) is 0 Å². The summed E-state index contributed by atoms with van der Waals surface area (Å²) in [5, 5.41) is 4.16. The van der Waals surface area contributed by atoms with Crippen LogP contribution in [0.4, 0.5) is 17.1 Å². The molecule has 5 rings (SSSR count). The van der Waals surface area contributed by atoms with E-state index in [9.17, 15) is 4.79 Å². The van der Waals surface area contributed by atoms with Gasteiger partial charge in [-0.2, -0.15) is 5.10 Å². The van der Waals surface area contributed by atoms with E-state index in [2.05, 4.69) is 56.2 Å². The zero-order valence-corrected chi connectivity index (χ0v) is 20.3. The van der Waals surface area contributed by atoms with Gasteiger partial charge in [0, 0.05) is 29.2 Å². The minimum Gasteiger partial charge on any atom is -0.329 e. The van der Waals surface area contributed by atoms with Crippen molar-refractivity contribution in [1.82, 2.24) is 15.0 Å². The van der Waals surface area contributed by atoms with Crippen molar-refractivity contribution >= 4 is 40.2 Å². The van der Waals surface area contributed by atoms with Gasteiger partial charge in [0.15, 0.2) is 0 Å². The van der Waals surface area contributed by atoms with Crippen LogP contribution in [0.1, 0.15) is 28.7 Å². The zero-order valence-electron chi connectivity index (χ0n) is 20.3. The van der Waals surface area contributed by atoms with Gasteiger partial charge in [0.25, 0.3) is 5.91 Å². The quantitative estimate of drug-likeness (QED) is 0.214. The van der Waals surface area contributed by atoms with E-state index in [0.29, 0.717) is 5.56 Å². The number of benzene rings is 4. The fourth-order valence-electron chi connectivity index (χ4n) is 4.33. The summed E-state index contributed by atoms with van der Waals surface area (Å²) in [6.45, 7) is 4.89. The molecule has 0 bridgehead atoms. The molecule has 1 N–H and O–H groups in total. The number of imidazole rings is 1. The first kappa shape index (κ1) is 23.1. The Labute approximate surface area is 210 Å². The van der Waals surface area contributed by atoms with E-state index in [0.717, 1.165) is 46.0 Å². The van der Waals surface area contributed by atoms with Crippen molar-refractivity contribution in [2.45, 2.75) is 20.4 Å². The lowest BCUT2D eigenvalue weighted by atomic mass is 10.1. The Balaban J connectivity index is 1.30. The van der Waals surface area contributed by atoms with E-state index in [1.807, 2.05) is 73.7 Å². The van der Waals surface area contributed by atoms with Crippen LogP contribution < -0.4 is 10.3 Å². The molecule has 36 heavy (non-hydrogen) atoms. The highest BCUT2D eigenvalue weighted by Crippen LogP contribution is 2.33. The van der Waals surface area contributed by atoms with Gasteiger partial charge >= 0.3 is 0 Å². The lowest BCUT2D eigenvalue weighted by Gasteiger charge is -2.25. The number of carbonyl (C=O) groups is 1. The fraction of sp³-hybridized carbons (Fsp3) is 0.100. The third kappa shape index (κ3) is 4.74. The van der Waals surface area contributed by atoms with Crippen LogP contribution in [0.15, 0.2) is 108 Å². The molecule has 0 aliphatic rings. The number of hydrogen-bond acceptors (Lipinski definition) is 4. The van der Waals surface area contributed by atoms with Crippen LogP contribution in [-0.4, -0.2) is 21.7 Å². The Morgan fingerprint density at radius 1 is 0.889 bits per heavy atom. The number of aromatic nitrogens is 2. The van der Waals surface area contributed by atoms with Crippen molar-refractivity contribution in [2.75, 3.05) is 4.90 Å². The van der Waals surface area contributed by atoms with E-state index >= 15 is 0 Å². The number of anilines is 3. The second kappa shape index (κ2) is 10.3. The number of amides is 1. The smallest absolute Gasteiger partial charge is 0.271 e. The van der Waals surface area contributed by atoms with Crippen molar-refractivity contribution in [3.05, 3.63) is 120 Å². The van der Waals surface area contributed by atoms with Gasteiger partial charge in [-0.3, -0.25) is 4.79 Å². The number of carbonyl (C=O) groups excluding carboxylic acids is 1. The van der Waals surface area contributed by atoms with Crippen molar-refractivity contribution in [2.24, 2.45) is 5.10 Å². The minimum absolute atomic E-state index is 0.271. The summed E-state index contributed by atoms with van der Waals surface area (Å²) in [5.74, 6) is 0.664. The number of nitrogens with zero attached hydrogens (tertiary/aromatic N) is 4. The standard InChI is InChI=1S/C30H27N5O/c1-3-34-22(2)32-28-20-24(16-19-29(28)34)30(36)33-31-21-23-14-17-27(18-15-23)35(25-10-6-4-7-11-25)26-12-8-5-9-13-26/h4-21H,3H2,1-2H3,(H,33,36)/b31-21-. The Morgan fingerprint density at radius 3 is 2.11 bits per heavy atom. The SMILES string of the molecule is CCn1c(C)nc2cc(C(=O)N/N=C\c3ccc(N(c4ccccc4)c4ccccc4)cc3)ccc21.